The van der Waals surface area contributed by atoms with Crippen LogP contribution in [0.1, 0.15) is 38.3 Å². The van der Waals surface area contributed by atoms with Gasteiger partial charge in [-0.3, -0.25) is 0 Å². The summed E-state index contributed by atoms with van der Waals surface area (Å²) in [6.45, 7) is 5.90. The highest BCUT2D eigenvalue weighted by atomic mass is 16.5. The summed E-state index contributed by atoms with van der Waals surface area (Å²) in [6, 6.07) is 3.00. The summed E-state index contributed by atoms with van der Waals surface area (Å²) in [5.41, 5.74) is 1.13. The summed E-state index contributed by atoms with van der Waals surface area (Å²) in [4.78, 5) is 22.9. The van der Waals surface area contributed by atoms with Crippen molar-refractivity contribution in [2.24, 2.45) is 5.18 Å². The van der Waals surface area contributed by atoms with Gasteiger partial charge in [0, 0.05) is 17.7 Å². The number of aryl methyl sites for hydroxylation is 1. The van der Waals surface area contributed by atoms with Crippen LogP contribution in [0.3, 0.4) is 0 Å². The second kappa shape index (κ2) is 5.09. The van der Waals surface area contributed by atoms with Gasteiger partial charge >= 0.3 is 5.63 Å². The Morgan fingerprint density at radius 3 is 2.73 bits per heavy atom. The smallest absolute Gasteiger partial charge is 0.336 e. The average Bonchev–Trinajstić information content (AvgIpc) is 2.44. The zero-order valence-electron chi connectivity index (χ0n) is 12.8. The SMILES string of the molecule is CCCc1cc(=O)oc2cc(N=O)c3c(c12)OC(C)(C)C=C3. The largest absolute Gasteiger partial charge is 0.482 e. The summed E-state index contributed by atoms with van der Waals surface area (Å²) in [6.07, 6.45) is 5.35. The number of ether oxygens (including phenoxy) is 1. The van der Waals surface area contributed by atoms with E-state index in [1.165, 1.54) is 12.1 Å². The minimum Gasteiger partial charge on any atom is -0.482 e. The summed E-state index contributed by atoms with van der Waals surface area (Å²) in [7, 11) is 0. The lowest BCUT2D eigenvalue weighted by molar-refractivity contribution is 0.161. The van der Waals surface area contributed by atoms with Crippen LogP contribution < -0.4 is 10.4 Å². The quantitative estimate of drug-likeness (QED) is 0.625. The molecule has 3 rings (SSSR count). The van der Waals surface area contributed by atoms with Crippen molar-refractivity contribution >= 4 is 22.7 Å². The van der Waals surface area contributed by atoms with E-state index >= 15 is 0 Å². The Morgan fingerprint density at radius 1 is 1.27 bits per heavy atom. The molecule has 0 saturated carbocycles. The molecule has 2 heterocycles. The number of rotatable bonds is 3. The minimum absolute atomic E-state index is 0.214. The van der Waals surface area contributed by atoms with Gasteiger partial charge in [0.2, 0.25) is 0 Å². The van der Waals surface area contributed by atoms with Gasteiger partial charge in [0.1, 0.15) is 22.6 Å². The van der Waals surface area contributed by atoms with Crippen molar-refractivity contribution in [3.05, 3.63) is 44.7 Å². The van der Waals surface area contributed by atoms with Crippen LogP contribution in [-0.4, -0.2) is 5.60 Å². The third kappa shape index (κ3) is 2.32. The zero-order chi connectivity index (χ0) is 15.9. The molecule has 22 heavy (non-hydrogen) atoms. The Bertz CT molecular complexity index is 846. The molecule has 0 fully saturated rings. The Balaban J connectivity index is 2.43. The maximum atomic E-state index is 11.7. The first-order valence-electron chi connectivity index (χ1n) is 7.30. The fraction of sp³-hybridized carbons (Fsp3) is 0.353. The molecule has 0 atom stereocenters. The van der Waals surface area contributed by atoms with E-state index in [0.29, 0.717) is 16.9 Å². The molecule has 0 radical (unpaired) electrons. The van der Waals surface area contributed by atoms with Gasteiger partial charge in [-0.15, -0.1) is 4.91 Å². The minimum atomic E-state index is -0.499. The van der Waals surface area contributed by atoms with Crippen LogP contribution in [0, 0.1) is 4.91 Å². The van der Waals surface area contributed by atoms with Crippen molar-refractivity contribution in [2.75, 3.05) is 0 Å². The molecule has 1 aliphatic rings. The monoisotopic (exact) mass is 299 g/mol. The van der Waals surface area contributed by atoms with Crippen LogP contribution in [0.15, 0.2) is 32.6 Å². The number of benzene rings is 1. The van der Waals surface area contributed by atoms with E-state index in [4.69, 9.17) is 9.15 Å². The van der Waals surface area contributed by atoms with Crippen LogP contribution in [0.4, 0.5) is 5.69 Å². The molecule has 0 spiro atoms. The van der Waals surface area contributed by atoms with Crippen molar-refractivity contribution in [1.29, 1.82) is 0 Å². The van der Waals surface area contributed by atoms with Crippen LogP contribution in [-0.2, 0) is 6.42 Å². The van der Waals surface area contributed by atoms with Crippen molar-refractivity contribution in [3.63, 3.8) is 0 Å². The molecule has 0 unspecified atom stereocenters. The van der Waals surface area contributed by atoms with E-state index in [1.807, 2.05) is 32.9 Å². The Morgan fingerprint density at radius 2 is 2.05 bits per heavy atom. The molecule has 1 aromatic heterocycles. The van der Waals surface area contributed by atoms with Gasteiger partial charge in [0.15, 0.2) is 0 Å². The molecule has 0 aliphatic carbocycles. The molecule has 114 valence electrons. The fourth-order valence-corrected chi connectivity index (χ4v) is 2.76. The summed E-state index contributed by atoms with van der Waals surface area (Å²) < 4.78 is 11.3. The maximum Gasteiger partial charge on any atom is 0.336 e. The third-order valence-electron chi connectivity index (χ3n) is 3.72. The normalized spacial score (nSPS) is 15.4. The van der Waals surface area contributed by atoms with Gasteiger partial charge in [0.25, 0.3) is 0 Å². The number of hydrogen-bond acceptors (Lipinski definition) is 5. The Hall–Kier alpha value is -2.43. The molecule has 1 aliphatic heterocycles. The molecule has 0 bridgehead atoms. The first kappa shape index (κ1) is 14.5. The lowest BCUT2D eigenvalue weighted by atomic mass is 9.96. The van der Waals surface area contributed by atoms with E-state index in [0.717, 1.165) is 23.8 Å². The van der Waals surface area contributed by atoms with Gasteiger partial charge in [-0.1, -0.05) is 13.3 Å². The topological polar surface area (TPSA) is 68.9 Å². The number of hydrogen-bond donors (Lipinski definition) is 0. The predicted octanol–water partition coefficient (Wildman–Crippen LogP) is 4.33. The van der Waals surface area contributed by atoms with Gasteiger partial charge in [-0.05, 0) is 43.2 Å². The lowest BCUT2D eigenvalue weighted by Gasteiger charge is -2.29. The second-order valence-corrected chi connectivity index (χ2v) is 5.98. The van der Waals surface area contributed by atoms with Gasteiger partial charge in [0.05, 0.1) is 5.39 Å². The molecule has 5 nitrogen and oxygen atoms in total. The molecule has 1 aromatic carbocycles. The Kier molecular flexibility index (Phi) is 3.35. The molecule has 2 aromatic rings. The number of nitroso groups, excluding NO2 is 1. The molecule has 0 N–H and O–H groups in total. The van der Waals surface area contributed by atoms with Crippen molar-refractivity contribution in [3.8, 4) is 5.75 Å². The standard InChI is InChI=1S/C17H17NO4/c1-4-5-10-8-14(19)21-13-9-12(18-20)11-6-7-17(2,3)22-16(11)15(10)13/h6-9H,4-5H2,1-3H3. The molecule has 5 heteroatoms. The lowest BCUT2D eigenvalue weighted by Crippen LogP contribution is -2.27. The summed E-state index contributed by atoms with van der Waals surface area (Å²) in [5, 5.41) is 3.79. The summed E-state index contributed by atoms with van der Waals surface area (Å²) >= 11 is 0. The average molecular weight is 299 g/mol. The van der Waals surface area contributed by atoms with Crippen molar-refractivity contribution < 1.29 is 9.15 Å². The van der Waals surface area contributed by atoms with Crippen LogP contribution in [0.5, 0.6) is 5.75 Å². The van der Waals surface area contributed by atoms with E-state index in [-0.39, 0.29) is 5.69 Å². The van der Waals surface area contributed by atoms with E-state index in [2.05, 4.69) is 5.18 Å². The summed E-state index contributed by atoms with van der Waals surface area (Å²) in [5.74, 6) is 0.562. The highest BCUT2D eigenvalue weighted by Crippen LogP contribution is 2.43. The zero-order valence-corrected chi connectivity index (χ0v) is 12.8. The van der Waals surface area contributed by atoms with Crippen LogP contribution >= 0.6 is 0 Å². The highest BCUT2D eigenvalue weighted by molar-refractivity contribution is 5.95. The molecule has 0 amide bonds. The first-order valence-corrected chi connectivity index (χ1v) is 7.30. The molecular formula is C17H17NO4. The Labute approximate surface area is 127 Å². The van der Waals surface area contributed by atoms with Crippen LogP contribution in [0.25, 0.3) is 17.0 Å². The van der Waals surface area contributed by atoms with Crippen molar-refractivity contribution in [2.45, 2.75) is 39.2 Å². The van der Waals surface area contributed by atoms with E-state index < -0.39 is 11.2 Å². The molecule has 0 saturated heterocycles. The van der Waals surface area contributed by atoms with Gasteiger partial charge in [-0.2, -0.15) is 0 Å². The fourth-order valence-electron chi connectivity index (χ4n) is 2.76. The molecular weight excluding hydrogens is 282 g/mol. The highest BCUT2D eigenvalue weighted by Gasteiger charge is 2.27. The van der Waals surface area contributed by atoms with E-state index in [1.54, 1.807) is 0 Å². The second-order valence-electron chi connectivity index (χ2n) is 5.98. The van der Waals surface area contributed by atoms with Gasteiger partial charge in [-0.25, -0.2) is 4.79 Å². The number of fused-ring (bicyclic) bond motifs is 3. The number of nitrogens with zero attached hydrogens (tertiary/aromatic N) is 1. The predicted molar refractivity (Wildman–Crippen MR) is 85.7 cm³/mol. The first-order chi connectivity index (χ1) is 10.4. The van der Waals surface area contributed by atoms with E-state index in [9.17, 15) is 9.70 Å². The van der Waals surface area contributed by atoms with Gasteiger partial charge < -0.3 is 9.15 Å². The maximum absolute atomic E-state index is 11.7. The van der Waals surface area contributed by atoms with Crippen molar-refractivity contribution in [1.82, 2.24) is 0 Å². The van der Waals surface area contributed by atoms with Crippen LogP contribution in [0.2, 0.25) is 0 Å². The third-order valence-corrected chi connectivity index (χ3v) is 3.72.